The number of benzene rings is 2. The summed E-state index contributed by atoms with van der Waals surface area (Å²) in [6.45, 7) is 2.89. The molecule has 1 atom stereocenters. The zero-order valence-electron chi connectivity index (χ0n) is 12.5. The molecular formula is C18H18FNO2. The van der Waals surface area contributed by atoms with Crippen LogP contribution in [0.2, 0.25) is 0 Å². The van der Waals surface area contributed by atoms with Crippen LogP contribution in [0.5, 0.6) is 11.5 Å². The van der Waals surface area contributed by atoms with Gasteiger partial charge in [0, 0.05) is 12.0 Å². The number of halogens is 1. The Hall–Kier alpha value is -2.54. The molecule has 0 spiro atoms. The smallest absolute Gasteiger partial charge is 0.127 e. The van der Waals surface area contributed by atoms with Gasteiger partial charge in [0.1, 0.15) is 17.3 Å². The maximum absolute atomic E-state index is 13.7. The molecule has 114 valence electrons. The molecule has 0 aliphatic rings. The van der Waals surface area contributed by atoms with Gasteiger partial charge in [0.25, 0.3) is 0 Å². The highest BCUT2D eigenvalue weighted by molar-refractivity contribution is 5.31. The lowest BCUT2D eigenvalue weighted by Gasteiger charge is -2.12. The molecule has 0 aliphatic carbocycles. The third-order valence-electron chi connectivity index (χ3n) is 3.25. The minimum atomic E-state index is -0.510. The van der Waals surface area contributed by atoms with Crippen molar-refractivity contribution >= 4 is 0 Å². The van der Waals surface area contributed by atoms with E-state index in [0.717, 1.165) is 5.75 Å². The van der Waals surface area contributed by atoms with Crippen LogP contribution in [-0.4, -0.2) is 13.2 Å². The Balaban J connectivity index is 1.89. The lowest BCUT2D eigenvalue weighted by atomic mass is 9.97. The predicted octanol–water partition coefficient (Wildman–Crippen LogP) is 4.30. The number of hydrogen-bond donors (Lipinski definition) is 0. The molecule has 0 bridgehead atoms. The number of ether oxygens (including phenoxy) is 2. The minimum absolute atomic E-state index is 0.348. The monoisotopic (exact) mass is 299 g/mol. The van der Waals surface area contributed by atoms with Crippen molar-refractivity contribution in [1.29, 1.82) is 5.26 Å². The van der Waals surface area contributed by atoms with Gasteiger partial charge < -0.3 is 9.47 Å². The summed E-state index contributed by atoms with van der Waals surface area (Å²) >= 11 is 0. The summed E-state index contributed by atoms with van der Waals surface area (Å²) in [5, 5.41) is 9.21. The van der Waals surface area contributed by atoms with Gasteiger partial charge in [-0.15, -0.1) is 0 Å². The largest absolute Gasteiger partial charge is 0.494 e. The first-order chi connectivity index (χ1) is 10.7. The first kappa shape index (κ1) is 15.8. The van der Waals surface area contributed by atoms with Crippen molar-refractivity contribution < 1.29 is 13.9 Å². The van der Waals surface area contributed by atoms with Gasteiger partial charge in [-0.25, -0.2) is 4.39 Å². The molecule has 0 aromatic heterocycles. The molecule has 0 heterocycles. The van der Waals surface area contributed by atoms with Gasteiger partial charge in [0.2, 0.25) is 0 Å². The number of nitrogens with zero attached hydrogens (tertiary/aromatic N) is 1. The number of rotatable bonds is 7. The summed E-state index contributed by atoms with van der Waals surface area (Å²) in [5.41, 5.74) is 0.417. The highest BCUT2D eigenvalue weighted by Gasteiger charge is 2.14. The number of hydrogen-bond acceptors (Lipinski definition) is 3. The Morgan fingerprint density at radius 3 is 2.27 bits per heavy atom. The maximum Gasteiger partial charge on any atom is 0.127 e. The van der Waals surface area contributed by atoms with Gasteiger partial charge in [-0.3, -0.25) is 0 Å². The van der Waals surface area contributed by atoms with E-state index in [0.29, 0.717) is 30.9 Å². The fraction of sp³-hybridized carbons (Fsp3) is 0.278. The van der Waals surface area contributed by atoms with E-state index in [2.05, 4.69) is 6.07 Å². The van der Waals surface area contributed by atoms with Gasteiger partial charge in [0.15, 0.2) is 0 Å². The highest BCUT2D eigenvalue weighted by Crippen LogP contribution is 2.23. The second-order valence-corrected chi connectivity index (χ2v) is 4.74. The molecule has 0 saturated carbocycles. The predicted molar refractivity (Wildman–Crippen MR) is 82.5 cm³/mol. The van der Waals surface area contributed by atoms with Gasteiger partial charge in [-0.1, -0.05) is 18.2 Å². The van der Waals surface area contributed by atoms with Crippen LogP contribution < -0.4 is 9.47 Å². The topological polar surface area (TPSA) is 42.2 Å². The quantitative estimate of drug-likeness (QED) is 0.765. The van der Waals surface area contributed by atoms with Crippen molar-refractivity contribution in [3.8, 4) is 17.6 Å². The Morgan fingerprint density at radius 2 is 1.68 bits per heavy atom. The van der Waals surface area contributed by atoms with Crippen molar-refractivity contribution in [1.82, 2.24) is 0 Å². The van der Waals surface area contributed by atoms with Crippen molar-refractivity contribution in [2.45, 2.75) is 19.3 Å². The number of nitriles is 1. The van der Waals surface area contributed by atoms with Crippen LogP contribution in [0.1, 0.15) is 24.8 Å². The molecule has 0 N–H and O–H groups in total. The van der Waals surface area contributed by atoms with Crippen LogP contribution >= 0.6 is 0 Å². The molecule has 2 aromatic carbocycles. The van der Waals surface area contributed by atoms with E-state index in [1.807, 2.05) is 31.2 Å². The van der Waals surface area contributed by atoms with Crippen molar-refractivity contribution in [3.63, 3.8) is 0 Å². The summed E-state index contributed by atoms with van der Waals surface area (Å²) in [5.74, 6) is 0.629. The van der Waals surface area contributed by atoms with Crippen LogP contribution in [0.4, 0.5) is 4.39 Å². The minimum Gasteiger partial charge on any atom is -0.494 e. The first-order valence-corrected chi connectivity index (χ1v) is 7.24. The Bertz CT molecular complexity index is 634. The third-order valence-corrected chi connectivity index (χ3v) is 3.25. The van der Waals surface area contributed by atoms with Crippen molar-refractivity contribution in [2.75, 3.05) is 13.2 Å². The van der Waals surface area contributed by atoms with Crippen molar-refractivity contribution in [2.24, 2.45) is 0 Å². The third kappa shape index (κ3) is 4.23. The van der Waals surface area contributed by atoms with Crippen LogP contribution in [0, 0.1) is 17.1 Å². The second kappa shape index (κ2) is 8.04. The van der Waals surface area contributed by atoms with Gasteiger partial charge in [0.05, 0.1) is 25.2 Å². The molecule has 0 fully saturated rings. The first-order valence-electron chi connectivity index (χ1n) is 7.24. The van der Waals surface area contributed by atoms with E-state index in [1.165, 1.54) is 6.07 Å². The molecule has 2 rings (SSSR count). The van der Waals surface area contributed by atoms with E-state index < -0.39 is 5.92 Å². The maximum atomic E-state index is 13.7. The van der Waals surface area contributed by atoms with Gasteiger partial charge >= 0.3 is 0 Å². The molecule has 0 radical (unpaired) electrons. The van der Waals surface area contributed by atoms with Crippen LogP contribution in [0.15, 0.2) is 48.5 Å². The molecule has 0 aliphatic heterocycles. The van der Waals surface area contributed by atoms with Crippen molar-refractivity contribution in [3.05, 3.63) is 59.9 Å². The fourth-order valence-corrected chi connectivity index (χ4v) is 2.14. The van der Waals surface area contributed by atoms with E-state index in [-0.39, 0.29) is 5.82 Å². The zero-order chi connectivity index (χ0) is 15.8. The Kier molecular flexibility index (Phi) is 5.79. The Labute approximate surface area is 129 Å². The van der Waals surface area contributed by atoms with E-state index in [4.69, 9.17) is 9.47 Å². The van der Waals surface area contributed by atoms with Crippen LogP contribution in [0.25, 0.3) is 0 Å². The lowest BCUT2D eigenvalue weighted by molar-refractivity contribution is 0.303. The lowest BCUT2D eigenvalue weighted by Crippen LogP contribution is -2.06. The SMILES string of the molecule is CCOc1ccc(OCCC(C#N)c2ccccc2F)cc1. The zero-order valence-corrected chi connectivity index (χ0v) is 12.5. The summed E-state index contributed by atoms with van der Waals surface area (Å²) < 4.78 is 24.6. The standard InChI is InChI=1S/C18H18FNO2/c1-2-21-15-7-9-16(10-8-15)22-12-11-14(13-20)17-5-3-4-6-18(17)19/h3-10,14H,2,11-12H2,1H3. The van der Waals surface area contributed by atoms with E-state index >= 15 is 0 Å². The summed E-state index contributed by atoms with van der Waals surface area (Å²) in [6, 6.07) is 15.8. The average molecular weight is 299 g/mol. The molecule has 0 amide bonds. The molecule has 2 aromatic rings. The second-order valence-electron chi connectivity index (χ2n) is 4.74. The summed E-state index contributed by atoms with van der Waals surface area (Å²) in [4.78, 5) is 0. The van der Waals surface area contributed by atoms with Gasteiger partial charge in [-0.2, -0.15) is 5.26 Å². The normalized spacial score (nSPS) is 11.5. The molecule has 1 unspecified atom stereocenters. The Morgan fingerprint density at radius 1 is 1.05 bits per heavy atom. The fourth-order valence-electron chi connectivity index (χ4n) is 2.14. The molecule has 22 heavy (non-hydrogen) atoms. The van der Waals surface area contributed by atoms with Gasteiger partial charge in [-0.05, 0) is 37.3 Å². The van der Waals surface area contributed by atoms with E-state index in [1.54, 1.807) is 18.2 Å². The average Bonchev–Trinajstić information content (AvgIpc) is 2.54. The van der Waals surface area contributed by atoms with Crippen LogP contribution in [-0.2, 0) is 0 Å². The molecule has 3 nitrogen and oxygen atoms in total. The summed E-state index contributed by atoms with van der Waals surface area (Å²) in [6.07, 6.45) is 0.435. The van der Waals surface area contributed by atoms with Crippen LogP contribution in [0.3, 0.4) is 0 Å². The molecule has 4 heteroatoms. The van der Waals surface area contributed by atoms with E-state index in [9.17, 15) is 9.65 Å². The molecule has 0 saturated heterocycles. The summed E-state index contributed by atoms with van der Waals surface area (Å²) in [7, 11) is 0. The highest BCUT2D eigenvalue weighted by atomic mass is 19.1. The molecular weight excluding hydrogens is 281 g/mol.